The Morgan fingerprint density at radius 1 is 1.22 bits per heavy atom. The van der Waals surface area contributed by atoms with E-state index in [1.807, 2.05) is 17.5 Å². The fraction of sp³-hybridized carbons (Fsp3) is 0. The number of nitrogens with one attached hydrogen (secondary N) is 1. The minimum absolute atomic E-state index is 0.130. The van der Waals surface area contributed by atoms with Gasteiger partial charge in [-0.2, -0.15) is 4.68 Å². The van der Waals surface area contributed by atoms with Gasteiger partial charge in [0, 0.05) is 15.6 Å². The predicted molar refractivity (Wildman–Crippen MR) is 94.4 cm³/mol. The van der Waals surface area contributed by atoms with Crippen molar-refractivity contribution in [2.45, 2.75) is 0 Å². The summed E-state index contributed by atoms with van der Waals surface area (Å²) in [6.07, 6.45) is 3.38. The van der Waals surface area contributed by atoms with E-state index in [0.717, 1.165) is 9.55 Å². The van der Waals surface area contributed by atoms with Crippen LogP contribution in [-0.2, 0) is 0 Å². The van der Waals surface area contributed by atoms with Gasteiger partial charge in [0.1, 0.15) is 0 Å². The van der Waals surface area contributed by atoms with E-state index in [9.17, 15) is 4.79 Å². The number of thiophene rings is 1. The number of aromatic nitrogens is 3. The third-order valence-electron chi connectivity index (χ3n) is 2.95. The summed E-state index contributed by atoms with van der Waals surface area (Å²) in [6, 6.07) is 10.8. The summed E-state index contributed by atoms with van der Waals surface area (Å²) in [4.78, 5) is 13.2. The second-order valence-electron chi connectivity index (χ2n) is 4.57. The lowest BCUT2D eigenvalue weighted by atomic mass is 10.3. The van der Waals surface area contributed by atoms with Gasteiger partial charge in [0.25, 0.3) is 5.56 Å². The second-order valence-corrected chi connectivity index (χ2v) is 5.98. The van der Waals surface area contributed by atoms with Gasteiger partial charge in [0.2, 0.25) is 5.95 Å². The lowest BCUT2D eigenvalue weighted by molar-refractivity contribution is 0.828. The summed E-state index contributed by atoms with van der Waals surface area (Å²) in [5.41, 5.74) is 0.377. The van der Waals surface area contributed by atoms with Gasteiger partial charge >= 0.3 is 0 Å². The molecule has 0 amide bonds. The number of hydrogen-bond donors (Lipinski definition) is 2. The molecule has 0 fully saturated rings. The number of anilines is 2. The van der Waals surface area contributed by atoms with Crippen LogP contribution in [-0.4, -0.2) is 14.9 Å². The van der Waals surface area contributed by atoms with Crippen molar-refractivity contribution in [2.24, 2.45) is 0 Å². The fourth-order valence-electron chi connectivity index (χ4n) is 1.84. The van der Waals surface area contributed by atoms with Crippen LogP contribution >= 0.6 is 22.9 Å². The van der Waals surface area contributed by atoms with Crippen LogP contribution in [0.15, 0.2) is 46.6 Å². The van der Waals surface area contributed by atoms with E-state index >= 15 is 0 Å². The summed E-state index contributed by atoms with van der Waals surface area (Å²) in [5, 5.41) is 13.3. The first-order chi connectivity index (χ1) is 11.1. The highest BCUT2D eigenvalue weighted by atomic mass is 35.5. The van der Waals surface area contributed by atoms with Gasteiger partial charge in [-0.05, 0) is 41.8 Å². The standard InChI is InChI=1S/C15H12ClN5OS/c16-10-3-1-4-11(9-10)18-15-20-19-13(14(22)21(15)17)7-6-12-5-2-8-23-12/h1-9H,17H2,(H,18,20). The van der Waals surface area contributed by atoms with Gasteiger partial charge in [-0.15, -0.1) is 21.5 Å². The van der Waals surface area contributed by atoms with E-state index in [1.54, 1.807) is 47.8 Å². The molecular weight excluding hydrogens is 334 g/mol. The van der Waals surface area contributed by atoms with E-state index in [2.05, 4.69) is 15.5 Å². The van der Waals surface area contributed by atoms with Crippen molar-refractivity contribution in [2.75, 3.05) is 11.2 Å². The van der Waals surface area contributed by atoms with Gasteiger partial charge < -0.3 is 11.2 Å². The first-order valence-corrected chi connectivity index (χ1v) is 7.88. The van der Waals surface area contributed by atoms with Gasteiger partial charge in [-0.3, -0.25) is 4.79 Å². The molecular formula is C15H12ClN5OS. The van der Waals surface area contributed by atoms with E-state index in [0.29, 0.717) is 10.7 Å². The topological polar surface area (TPSA) is 85.8 Å². The van der Waals surface area contributed by atoms with Gasteiger partial charge in [-0.1, -0.05) is 23.7 Å². The van der Waals surface area contributed by atoms with Crippen molar-refractivity contribution < 1.29 is 0 Å². The molecule has 8 heteroatoms. The highest BCUT2D eigenvalue weighted by Crippen LogP contribution is 2.17. The maximum absolute atomic E-state index is 12.2. The zero-order valence-corrected chi connectivity index (χ0v) is 13.4. The third-order valence-corrected chi connectivity index (χ3v) is 4.02. The molecule has 0 atom stereocenters. The first-order valence-electron chi connectivity index (χ1n) is 6.62. The molecule has 0 saturated carbocycles. The number of nitrogens with two attached hydrogens (primary N) is 1. The lowest BCUT2D eigenvalue weighted by Gasteiger charge is -2.09. The predicted octanol–water partition coefficient (Wildman–Crippen LogP) is 2.98. The van der Waals surface area contributed by atoms with Crippen LogP contribution in [0.5, 0.6) is 0 Å². The molecule has 2 heterocycles. The van der Waals surface area contributed by atoms with Gasteiger partial charge in [-0.25, -0.2) is 0 Å². The molecule has 0 aliphatic rings. The zero-order valence-electron chi connectivity index (χ0n) is 11.8. The number of nitrogens with zero attached hydrogens (tertiary/aromatic N) is 3. The van der Waals surface area contributed by atoms with E-state index in [4.69, 9.17) is 17.4 Å². The molecule has 0 aliphatic carbocycles. The summed E-state index contributed by atoms with van der Waals surface area (Å²) in [7, 11) is 0. The number of hydrogen-bond acceptors (Lipinski definition) is 6. The number of nitrogen functional groups attached to an aromatic ring is 1. The molecule has 3 aromatic rings. The minimum Gasteiger partial charge on any atom is -0.333 e. The van der Waals surface area contributed by atoms with E-state index in [1.165, 1.54) is 0 Å². The molecule has 0 radical (unpaired) electrons. The van der Waals surface area contributed by atoms with Crippen LogP contribution in [0.3, 0.4) is 0 Å². The Morgan fingerprint density at radius 3 is 2.83 bits per heavy atom. The highest BCUT2D eigenvalue weighted by molar-refractivity contribution is 7.10. The Bertz CT molecular complexity index is 904. The summed E-state index contributed by atoms with van der Waals surface area (Å²) in [5.74, 6) is 5.92. The second kappa shape index (κ2) is 6.64. The molecule has 0 saturated heterocycles. The molecule has 0 unspecified atom stereocenters. The van der Waals surface area contributed by atoms with Gasteiger partial charge in [0.05, 0.1) is 0 Å². The Kier molecular flexibility index (Phi) is 4.40. The third kappa shape index (κ3) is 3.58. The van der Waals surface area contributed by atoms with Crippen molar-refractivity contribution in [1.29, 1.82) is 0 Å². The fourth-order valence-corrected chi connectivity index (χ4v) is 2.65. The van der Waals surface area contributed by atoms with Crippen molar-refractivity contribution in [1.82, 2.24) is 14.9 Å². The maximum Gasteiger partial charge on any atom is 0.299 e. The zero-order chi connectivity index (χ0) is 16.2. The van der Waals surface area contributed by atoms with E-state index < -0.39 is 5.56 Å². The van der Waals surface area contributed by atoms with Crippen molar-refractivity contribution in [3.8, 4) is 0 Å². The van der Waals surface area contributed by atoms with Crippen LogP contribution in [0.4, 0.5) is 11.6 Å². The van der Waals surface area contributed by atoms with E-state index in [-0.39, 0.29) is 11.6 Å². The molecule has 1 aromatic carbocycles. The molecule has 0 aliphatic heterocycles. The van der Waals surface area contributed by atoms with Crippen LogP contribution in [0, 0.1) is 0 Å². The SMILES string of the molecule is Nn1c(Nc2cccc(Cl)c2)nnc(C=Cc2cccs2)c1=O. The Labute approximate surface area is 140 Å². The average Bonchev–Trinajstić information content (AvgIpc) is 3.05. The first kappa shape index (κ1) is 15.3. The summed E-state index contributed by atoms with van der Waals surface area (Å²) in [6.45, 7) is 0. The van der Waals surface area contributed by atoms with Crippen LogP contribution in [0.2, 0.25) is 5.02 Å². The molecule has 2 aromatic heterocycles. The molecule has 3 N–H and O–H groups in total. The lowest BCUT2D eigenvalue weighted by Crippen LogP contribution is -2.32. The van der Waals surface area contributed by atoms with Crippen LogP contribution in [0.25, 0.3) is 12.2 Å². The molecule has 116 valence electrons. The van der Waals surface area contributed by atoms with Crippen LogP contribution in [0.1, 0.15) is 10.6 Å². The number of benzene rings is 1. The Balaban J connectivity index is 1.87. The highest BCUT2D eigenvalue weighted by Gasteiger charge is 2.08. The molecule has 3 rings (SSSR count). The molecule has 23 heavy (non-hydrogen) atoms. The normalized spacial score (nSPS) is 11.0. The smallest absolute Gasteiger partial charge is 0.299 e. The minimum atomic E-state index is -0.447. The maximum atomic E-state index is 12.2. The summed E-state index contributed by atoms with van der Waals surface area (Å²) >= 11 is 7.47. The number of halogens is 1. The number of rotatable bonds is 4. The van der Waals surface area contributed by atoms with Crippen molar-refractivity contribution >= 4 is 46.7 Å². The van der Waals surface area contributed by atoms with Crippen molar-refractivity contribution in [3.05, 3.63) is 67.7 Å². The van der Waals surface area contributed by atoms with Crippen molar-refractivity contribution in [3.63, 3.8) is 0 Å². The van der Waals surface area contributed by atoms with Crippen LogP contribution < -0.4 is 16.7 Å². The monoisotopic (exact) mass is 345 g/mol. The Morgan fingerprint density at radius 2 is 2.09 bits per heavy atom. The summed E-state index contributed by atoms with van der Waals surface area (Å²) < 4.78 is 0.919. The molecule has 0 bridgehead atoms. The molecule has 6 nitrogen and oxygen atoms in total. The molecule has 0 spiro atoms. The quantitative estimate of drug-likeness (QED) is 0.710. The largest absolute Gasteiger partial charge is 0.333 e. The Hall–Kier alpha value is -2.64. The van der Waals surface area contributed by atoms with Gasteiger partial charge in [0.15, 0.2) is 5.69 Å². The average molecular weight is 346 g/mol.